The van der Waals surface area contributed by atoms with Gasteiger partial charge in [0.15, 0.2) is 35.6 Å². The predicted octanol–water partition coefficient (Wildman–Crippen LogP) is 4.00. The Morgan fingerprint density at radius 1 is 0.844 bits per heavy atom. The first-order valence-electron chi connectivity index (χ1n) is 9.58. The second-order valence-electron chi connectivity index (χ2n) is 6.28. The zero-order valence-corrected chi connectivity index (χ0v) is 18.5. The Bertz CT molecular complexity index is 990. The van der Waals surface area contributed by atoms with E-state index in [-0.39, 0.29) is 19.2 Å². The van der Waals surface area contributed by atoms with Crippen LogP contribution in [0, 0.1) is 12.3 Å². The van der Waals surface area contributed by atoms with Crippen molar-refractivity contribution in [2.24, 2.45) is 0 Å². The van der Waals surface area contributed by atoms with Crippen LogP contribution in [0.15, 0.2) is 42.5 Å². The minimum Gasteiger partial charge on any atom is -0.493 e. The molecule has 0 amide bonds. The molecule has 0 saturated heterocycles. The third-order valence-electron chi connectivity index (χ3n) is 4.18. The minimum absolute atomic E-state index is 0.0486. The average Bonchev–Trinajstić information content (AvgIpc) is 2.83. The summed E-state index contributed by atoms with van der Waals surface area (Å²) in [6.07, 6.45) is 11.5. The van der Waals surface area contributed by atoms with Crippen LogP contribution in [0.4, 0.5) is 0 Å². The second kappa shape index (κ2) is 12.7. The lowest BCUT2D eigenvalue weighted by Crippen LogP contribution is -2.03. The molecule has 0 saturated carbocycles. The van der Waals surface area contributed by atoms with Gasteiger partial charge in [-0.15, -0.1) is 6.42 Å². The van der Waals surface area contributed by atoms with Crippen LogP contribution in [0.5, 0.6) is 28.7 Å². The molecule has 32 heavy (non-hydrogen) atoms. The third kappa shape index (κ3) is 6.83. The summed E-state index contributed by atoms with van der Waals surface area (Å²) in [6, 6.07) is 8.77. The zero-order chi connectivity index (χ0) is 23.3. The normalized spacial score (nSPS) is 10.7. The molecule has 0 aliphatic rings. The van der Waals surface area contributed by atoms with E-state index in [1.54, 1.807) is 42.5 Å². The van der Waals surface area contributed by atoms with Crippen molar-refractivity contribution < 1.29 is 33.2 Å². The smallest absolute Gasteiger partial charge is 0.206 e. The van der Waals surface area contributed by atoms with E-state index in [0.717, 1.165) is 5.56 Å². The molecule has 0 heterocycles. The number of allylic oxidation sites excluding steroid dienone is 2. The SMILES string of the molecule is C#CCOc1ccc(/C=C/C(=O)/C=C/c2cc(OC)c(OCOC)c(OC)c2)cc1OC. The van der Waals surface area contributed by atoms with E-state index in [9.17, 15) is 4.79 Å². The largest absolute Gasteiger partial charge is 0.493 e. The lowest BCUT2D eigenvalue weighted by Gasteiger charge is -2.14. The maximum absolute atomic E-state index is 12.3. The summed E-state index contributed by atoms with van der Waals surface area (Å²) in [5.41, 5.74) is 1.49. The highest BCUT2D eigenvalue weighted by molar-refractivity contribution is 6.04. The van der Waals surface area contributed by atoms with Crippen molar-refractivity contribution in [2.75, 3.05) is 41.8 Å². The van der Waals surface area contributed by atoms with Gasteiger partial charge in [-0.25, -0.2) is 0 Å². The molecule has 2 aromatic carbocycles. The number of carbonyl (C=O) groups excluding carboxylic acids is 1. The zero-order valence-electron chi connectivity index (χ0n) is 18.5. The van der Waals surface area contributed by atoms with Crippen molar-refractivity contribution in [3.8, 4) is 41.1 Å². The van der Waals surface area contributed by atoms with Crippen LogP contribution in [0.25, 0.3) is 12.2 Å². The fourth-order valence-electron chi connectivity index (χ4n) is 2.70. The quantitative estimate of drug-likeness (QED) is 0.282. The summed E-state index contributed by atoms with van der Waals surface area (Å²) in [5.74, 6) is 4.61. The number of hydrogen-bond donors (Lipinski definition) is 0. The van der Waals surface area contributed by atoms with Crippen molar-refractivity contribution in [3.05, 3.63) is 53.6 Å². The molecule has 7 heteroatoms. The molecule has 0 radical (unpaired) electrons. The predicted molar refractivity (Wildman–Crippen MR) is 122 cm³/mol. The Balaban J connectivity index is 2.14. The third-order valence-corrected chi connectivity index (χ3v) is 4.18. The molecule has 2 rings (SSSR count). The molecular weight excluding hydrogens is 412 g/mol. The second-order valence-corrected chi connectivity index (χ2v) is 6.28. The molecule has 168 valence electrons. The van der Waals surface area contributed by atoms with Gasteiger partial charge < -0.3 is 28.4 Å². The molecule has 0 N–H and O–H groups in total. The topological polar surface area (TPSA) is 72.5 Å². The van der Waals surface area contributed by atoms with Crippen molar-refractivity contribution in [2.45, 2.75) is 0 Å². The Morgan fingerprint density at radius 3 is 2.00 bits per heavy atom. The van der Waals surface area contributed by atoms with Crippen molar-refractivity contribution in [3.63, 3.8) is 0 Å². The lowest BCUT2D eigenvalue weighted by atomic mass is 10.1. The maximum atomic E-state index is 12.3. The molecular formula is C25H26O7. The Hall–Kier alpha value is -3.89. The van der Waals surface area contributed by atoms with Gasteiger partial charge in [0.05, 0.1) is 21.3 Å². The Labute approximate surface area is 188 Å². The highest BCUT2D eigenvalue weighted by Crippen LogP contribution is 2.39. The summed E-state index contributed by atoms with van der Waals surface area (Å²) in [6.45, 7) is 0.191. The molecule has 2 aromatic rings. The number of benzene rings is 2. The van der Waals surface area contributed by atoms with E-state index in [4.69, 9.17) is 34.8 Å². The van der Waals surface area contributed by atoms with Crippen LogP contribution in [0.1, 0.15) is 11.1 Å². The van der Waals surface area contributed by atoms with Gasteiger partial charge in [0.25, 0.3) is 0 Å². The van der Waals surface area contributed by atoms with Crippen molar-refractivity contribution >= 4 is 17.9 Å². The number of ketones is 1. The number of methoxy groups -OCH3 is 4. The monoisotopic (exact) mass is 438 g/mol. The van der Waals surface area contributed by atoms with E-state index >= 15 is 0 Å². The van der Waals surface area contributed by atoms with Crippen LogP contribution in [-0.4, -0.2) is 47.6 Å². The summed E-state index contributed by atoms with van der Waals surface area (Å²) in [4.78, 5) is 12.3. The van der Waals surface area contributed by atoms with Crippen LogP contribution >= 0.6 is 0 Å². The fourth-order valence-corrected chi connectivity index (χ4v) is 2.70. The molecule has 0 fully saturated rings. The summed E-state index contributed by atoms with van der Waals surface area (Å²) >= 11 is 0. The lowest BCUT2D eigenvalue weighted by molar-refractivity contribution is -0.110. The molecule has 0 spiro atoms. The number of carbonyl (C=O) groups is 1. The fraction of sp³-hybridized carbons (Fsp3) is 0.240. The van der Waals surface area contributed by atoms with E-state index in [2.05, 4.69) is 5.92 Å². The summed E-state index contributed by atoms with van der Waals surface area (Å²) in [7, 11) is 6.10. The molecule has 0 aromatic heterocycles. The summed E-state index contributed by atoms with van der Waals surface area (Å²) < 4.78 is 31.9. The highest BCUT2D eigenvalue weighted by Gasteiger charge is 2.13. The van der Waals surface area contributed by atoms with E-state index in [1.807, 2.05) is 0 Å². The van der Waals surface area contributed by atoms with Crippen LogP contribution in [0.3, 0.4) is 0 Å². The molecule has 7 nitrogen and oxygen atoms in total. The van der Waals surface area contributed by atoms with E-state index in [0.29, 0.717) is 34.3 Å². The van der Waals surface area contributed by atoms with Crippen LogP contribution in [-0.2, 0) is 9.53 Å². The van der Waals surface area contributed by atoms with Gasteiger partial charge in [0.1, 0.15) is 6.61 Å². The molecule has 0 unspecified atom stereocenters. The standard InChI is InChI=1S/C25H26O7/c1-6-13-31-21-12-9-18(14-22(21)28-3)7-10-20(26)11-8-19-15-23(29-4)25(32-17-27-2)24(16-19)30-5/h1,7-12,14-16H,13,17H2,2-5H3/b10-7+,11-8+. The van der Waals surface area contributed by atoms with Gasteiger partial charge in [-0.3, -0.25) is 4.79 Å². The summed E-state index contributed by atoms with van der Waals surface area (Å²) in [5, 5.41) is 0. The number of ether oxygens (including phenoxy) is 6. The first kappa shape index (κ1) is 24.4. The average molecular weight is 438 g/mol. The van der Waals surface area contributed by atoms with E-state index in [1.165, 1.54) is 40.6 Å². The molecule has 0 aliphatic heterocycles. The number of terminal acetylenes is 1. The van der Waals surface area contributed by atoms with Crippen molar-refractivity contribution in [1.82, 2.24) is 0 Å². The van der Waals surface area contributed by atoms with Gasteiger partial charge in [-0.2, -0.15) is 0 Å². The maximum Gasteiger partial charge on any atom is 0.206 e. The van der Waals surface area contributed by atoms with Gasteiger partial charge >= 0.3 is 0 Å². The van der Waals surface area contributed by atoms with Gasteiger partial charge in [0, 0.05) is 7.11 Å². The van der Waals surface area contributed by atoms with Gasteiger partial charge in [-0.1, -0.05) is 24.1 Å². The Morgan fingerprint density at radius 2 is 1.44 bits per heavy atom. The van der Waals surface area contributed by atoms with Crippen LogP contribution in [0.2, 0.25) is 0 Å². The first-order chi connectivity index (χ1) is 15.6. The molecule has 0 aliphatic carbocycles. The van der Waals surface area contributed by atoms with Gasteiger partial charge in [-0.05, 0) is 47.5 Å². The highest BCUT2D eigenvalue weighted by atomic mass is 16.7. The van der Waals surface area contributed by atoms with Gasteiger partial charge in [0.2, 0.25) is 5.75 Å². The van der Waals surface area contributed by atoms with Crippen LogP contribution < -0.4 is 23.7 Å². The number of hydrogen-bond acceptors (Lipinski definition) is 7. The van der Waals surface area contributed by atoms with E-state index < -0.39 is 0 Å². The first-order valence-corrected chi connectivity index (χ1v) is 9.58. The minimum atomic E-state index is -0.200. The Kier molecular flexibility index (Phi) is 9.70. The number of rotatable bonds is 12. The molecule has 0 bridgehead atoms. The molecule has 0 atom stereocenters. The van der Waals surface area contributed by atoms with Crippen molar-refractivity contribution in [1.29, 1.82) is 0 Å².